The second-order valence-electron chi connectivity index (χ2n) is 3.42. The van der Waals surface area contributed by atoms with Crippen molar-refractivity contribution in [2.24, 2.45) is 0 Å². The quantitative estimate of drug-likeness (QED) is 0.362. The lowest BCUT2D eigenvalue weighted by atomic mass is 10.3. The number of carbonyl (C=O) groups excluding carboxylic acids is 2. The van der Waals surface area contributed by atoms with E-state index in [2.05, 4.69) is 10.6 Å². The number of thioether (sulfide) groups is 1. The Morgan fingerprint density at radius 1 is 1.32 bits per heavy atom. The highest BCUT2D eigenvalue weighted by atomic mass is 32.2. The van der Waals surface area contributed by atoms with Gasteiger partial charge in [0.15, 0.2) is 0 Å². The number of thiocyanates is 1. The number of anilines is 1. The molecule has 0 heterocycles. The molecule has 0 aliphatic carbocycles. The van der Waals surface area contributed by atoms with Crippen LogP contribution >= 0.6 is 11.8 Å². The van der Waals surface area contributed by atoms with Gasteiger partial charge in [-0.25, -0.2) is 0 Å². The molecule has 100 valence electrons. The van der Waals surface area contributed by atoms with E-state index >= 15 is 0 Å². The highest BCUT2D eigenvalue weighted by Crippen LogP contribution is 2.18. The van der Waals surface area contributed by atoms with Crippen molar-refractivity contribution in [1.29, 1.82) is 5.26 Å². The monoisotopic (exact) mass is 279 g/mol. The molecule has 0 aromatic heterocycles. The Kier molecular flexibility index (Phi) is 6.43. The molecule has 0 saturated heterocycles. The van der Waals surface area contributed by atoms with E-state index in [0.29, 0.717) is 12.3 Å². The Bertz CT molecular complexity index is 482. The summed E-state index contributed by atoms with van der Waals surface area (Å²) >= 11 is 1.02. The summed E-state index contributed by atoms with van der Waals surface area (Å²) in [5.41, 5.74) is 0.495. The zero-order valence-electron chi connectivity index (χ0n) is 10.3. The van der Waals surface area contributed by atoms with E-state index in [4.69, 9.17) is 10.00 Å². The van der Waals surface area contributed by atoms with E-state index in [1.807, 2.05) is 5.40 Å². The molecule has 0 unspecified atom stereocenters. The maximum atomic E-state index is 11.5. The largest absolute Gasteiger partial charge is 0.383 e. The van der Waals surface area contributed by atoms with E-state index in [1.54, 1.807) is 24.3 Å². The molecule has 0 aliphatic rings. The van der Waals surface area contributed by atoms with E-state index in [0.717, 1.165) is 16.7 Å². The van der Waals surface area contributed by atoms with Crippen LogP contribution in [0.15, 0.2) is 29.2 Å². The Balaban J connectivity index is 2.47. The lowest BCUT2D eigenvalue weighted by Crippen LogP contribution is -2.37. The van der Waals surface area contributed by atoms with Gasteiger partial charge in [-0.2, -0.15) is 5.26 Å². The predicted molar refractivity (Wildman–Crippen MR) is 71.4 cm³/mol. The van der Waals surface area contributed by atoms with Gasteiger partial charge in [0, 0.05) is 24.2 Å². The number of amides is 2. The molecule has 0 radical (unpaired) electrons. The van der Waals surface area contributed by atoms with Crippen LogP contribution in [0.4, 0.5) is 5.69 Å². The van der Waals surface area contributed by atoms with Gasteiger partial charge in [0.1, 0.15) is 5.40 Å². The van der Waals surface area contributed by atoms with Crippen LogP contribution in [-0.2, 0) is 14.3 Å². The van der Waals surface area contributed by atoms with Gasteiger partial charge in [0.05, 0.1) is 6.61 Å². The number of hydrogen-bond donors (Lipinski definition) is 2. The minimum absolute atomic E-state index is 0.278. The average molecular weight is 279 g/mol. The fourth-order valence-electron chi connectivity index (χ4n) is 1.19. The summed E-state index contributed by atoms with van der Waals surface area (Å²) in [4.78, 5) is 23.6. The predicted octanol–water partition coefficient (Wildman–Crippen LogP) is 0.961. The molecule has 6 nitrogen and oxygen atoms in total. The van der Waals surface area contributed by atoms with E-state index in [9.17, 15) is 9.59 Å². The second kappa shape index (κ2) is 8.13. The number of nitriles is 1. The van der Waals surface area contributed by atoms with Crippen LogP contribution in [-0.4, -0.2) is 32.1 Å². The second-order valence-corrected chi connectivity index (χ2v) is 4.28. The number of ether oxygens (including phenoxy) is 1. The molecule has 1 rings (SSSR count). The molecule has 1 aromatic carbocycles. The third kappa shape index (κ3) is 5.42. The van der Waals surface area contributed by atoms with Gasteiger partial charge in [-0.05, 0) is 36.0 Å². The smallest absolute Gasteiger partial charge is 0.313 e. The summed E-state index contributed by atoms with van der Waals surface area (Å²) in [7, 11) is 1.51. The number of nitrogens with zero attached hydrogens (tertiary/aromatic N) is 1. The number of carbonyl (C=O) groups is 2. The number of nitrogens with one attached hydrogen (secondary N) is 2. The zero-order valence-corrected chi connectivity index (χ0v) is 11.1. The topological polar surface area (TPSA) is 91.2 Å². The lowest BCUT2D eigenvalue weighted by Gasteiger charge is -2.06. The minimum atomic E-state index is -0.739. The van der Waals surface area contributed by atoms with E-state index < -0.39 is 11.8 Å². The highest BCUT2D eigenvalue weighted by molar-refractivity contribution is 8.03. The molecule has 7 heteroatoms. The summed E-state index contributed by atoms with van der Waals surface area (Å²) in [6.07, 6.45) is 0. The molecule has 2 N–H and O–H groups in total. The summed E-state index contributed by atoms with van der Waals surface area (Å²) in [5.74, 6) is -1.45. The summed E-state index contributed by atoms with van der Waals surface area (Å²) in [5, 5.41) is 15.3. The molecule has 0 aliphatic heterocycles. The Morgan fingerprint density at radius 3 is 2.58 bits per heavy atom. The van der Waals surface area contributed by atoms with Crippen molar-refractivity contribution < 1.29 is 14.3 Å². The molecule has 0 spiro atoms. The molecule has 2 amide bonds. The van der Waals surface area contributed by atoms with Gasteiger partial charge in [-0.3, -0.25) is 9.59 Å². The van der Waals surface area contributed by atoms with Crippen molar-refractivity contribution in [3.63, 3.8) is 0 Å². The van der Waals surface area contributed by atoms with Gasteiger partial charge in [0.2, 0.25) is 0 Å². The Labute approximate surface area is 115 Å². The first-order valence-corrected chi connectivity index (χ1v) is 6.23. The van der Waals surface area contributed by atoms with Crippen LogP contribution in [0.1, 0.15) is 0 Å². The molecule has 0 fully saturated rings. The van der Waals surface area contributed by atoms with Crippen LogP contribution < -0.4 is 10.6 Å². The van der Waals surface area contributed by atoms with Crippen molar-refractivity contribution in [1.82, 2.24) is 5.32 Å². The first kappa shape index (κ1) is 15.0. The Morgan fingerprint density at radius 2 is 2.00 bits per heavy atom. The third-order valence-corrected chi connectivity index (χ3v) is 2.67. The molecular formula is C12H13N3O3S. The van der Waals surface area contributed by atoms with Crippen molar-refractivity contribution in [3.8, 4) is 5.40 Å². The number of methoxy groups -OCH3 is 1. The number of rotatable bonds is 5. The summed E-state index contributed by atoms with van der Waals surface area (Å²) in [6, 6.07) is 6.62. The van der Waals surface area contributed by atoms with Crippen LogP contribution in [0.3, 0.4) is 0 Å². The zero-order chi connectivity index (χ0) is 14.1. The molecular weight excluding hydrogens is 266 g/mol. The summed E-state index contributed by atoms with van der Waals surface area (Å²) in [6.45, 7) is 0.625. The molecule has 0 bridgehead atoms. The van der Waals surface area contributed by atoms with Crippen LogP contribution in [0.2, 0.25) is 0 Å². The first-order chi connectivity index (χ1) is 9.17. The molecule has 1 aromatic rings. The third-order valence-electron chi connectivity index (χ3n) is 2.07. The van der Waals surface area contributed by atoms with E-state index in [-0.39, 0.29) is 6.54 Å². The lowest BCUT2D eigenvalue weighted by molar-refractivity contribution is -0.136. The van der Waals surface area contributed by atoms with Gasteiger partial charge >= 0.3 is 11.8 Å². The Hall–Kier alpha value is -2.04. The van der Waals surface area contributed by atoms with Crippen molar-refractivity contribution in [2.75, 3.05) is 25.6 Å². The van der Waals surface area contributed by atoms with Crippen LogP contribution in [0, 0.1) is 10.7 Å². The highest BCUT2D eigenvalue weighted by Gasteiger charge is 2.12. The van der Waals surface area contributed by atoms with E-state index in [1.165, 1.54) is 7.11 Å². The van der Waals surface area contributed by atoms with Crippen molar-refractivity contribution >= 4 is 29.3 Å². The van der Waals surface area contributed by atoms with Gasteiger partial charge < -0.3 is 15.4 Å². The summed E-state index contributed by atoms with van der Waals surface area (Å²) < 4.78 is 4.75. The average Bonchev–Trinajstić information content (AvgIpc) is 2.41. The molecule has 0 atom stereocenters. The maximum Gasteiger partial charge on any atom is 0.313 e. The fourth-order valence-corrected chi connectivity index (χ4v) is 1.57. The van der Waals surface area contributed by atoms with Gasteiger partial charge in [-0.15, -0.1) is 0 Å². The molecule has 0 saturated carbocycles. The van der Waals surface area contributed by atoms with Gasteiger partial charge in [0.25, 0.3) is 0 Å². The molecule has 19 heavy (non-hydrogen) atoms. The SMILES string of the molecule is COCCNC(=O)C(=O)Nc1ccc(SC#N)cc1. The standard InChI is InChI=1S/C12H13N3O3S/c1-18-7-6-14-11(16)12(17)15-9-2-4-10(5-3-9)19-8-13/h2-5H,6-7H2,1H3,(H,14,16)(H,15,17). The maximum absolute atomic E-state index is 11.5. The van der Waals surface area contributed by atoms with Crippen molar-refractivity contribution in [2.45, 2.75) is 4.90 Å². The van der Waals surface area contributed by atoms with Crippen LogP contribution in [0.25, 0.3) is 0 Å². The number of benzene rings is 1. The number of hydrogen-bond acceptors (Lipinski definition) is 5. The fraction of sp³-hybridized carbons (Fsp3) is 0.250. The normalized spacial score (nSPS) is 9.47. The minimum Gasteiger partial charge on any atom is -0.383 e. The first-order valence-electron chi connectivity index (χ1n) is 5.41. The van der Waals surface area contributed by atoms with Crippen molar-refractivity contribution in [3.05, 3.63) is 24.3 Å². The van der Waals surface area contributed by atoms with Gasteiger partial charge in [-0.1, -0.05) is 0 Å². The van der Waals surface area contributed by atoms with Crippen LogP contribution in [0.5, 0.6) is 0 Å².